The maximum absolute atomic E-state index is 8.64. The van der Waals surface area contributed by atoms with Crippen LogP contribution < -0.4 is 5.73 Å². The molecular formula is C12H17NO. The molecule has 3 N–H and O–H groups in total. The summed E-state index contributed by atoms with van der Waals surface area (Å²) in [4.78, 5) is 0. The highest BCUT2D eigenvalue weighted by molar-refractivity contribution is 5.68. The van der Waals surface area contributed by atoms with Gasteiger partial charge in [-0.05, 0) is 37.5 Å². The van der Waals surface area contributed by atoms with Crippen LogP contribution in [0.2, 0.25) is 0 Å². The minimum Gasteiger partial charge on any atom is -0.398 e. The molecule has 0 bridgehead atoms. The highest BCUT2D eigenvalue weighted by Gasteiger charge is 1.99. The lowest BCUT2D eigenvalue weighted by molar-refractivity contribution is 0.303. The number of benzene rings is 1. The Bertz CT molecular complexity index is 342. The van der Waals surface area contributed by atoms with E-state index in [1.807, 2.05) is 19.1 Å². The number of hydrogen-bond acceptors (Lipinski definition) is 2. The standard InChI is InChI=1S/C12H17NO/c1-9-7-10(2)12(13)11(8-9)5-3-4-6-14/h3,5,7-8,14H,4,6,13H2,1-2H3. The van der Waals surface area contributed by atoms with Gasteiger partial charge in [-0.25, -0.2) is 0 Å². The normalized spacial score (nSPS) is 11.1. The van der Waals surface area contributed by atoms with Gasteiger partial charge in [0.05, 0.1) is 0 Å². The zero-order valence-electron chi connectivity index (χ0n) is 8.75. The third-order valence-electron chi connectivity index (χ3n) is 2.16. The van der Waals surface area contributed by atoms with E-state index in [0.717, 1.165) is 16.8 Å². The van der Waals surface area contributed by atoms with Gasteiger partial charge in [-0.15, -0.1) is 0 Å². The molecule has 0 saturated carbocycles. The molecule has 0 spiro atoms. The molecule has 0 aliphatic heterocycles. The summed E-state index contributed by atoms with van der Waals surface area (Å²) in [6.45, 7) is 4.24. The van der Waals surface area contributed by atoms with Crippen molar-refractivity contribution >= 4 is 11.8 Å². The van der Waals surface area contributed by atoms with E-state index in [9.17, 15) is 0 Å². The van der Waals surface area contributed by atoms with Crippen molar-refractivity contribution in [3.8, 4) is 0 Å². The third kappa shape index (κ3) is 2.60. The zero-order valence-corrected chi connectivity index (χ0v) is 8.75. The predicted octanol–water partition coefficient (Wildman–Crippen LogP) is 2.28. The van der Waals surface area contributed by atoms with E-state index < -0.39 is 0 Å². The first-order valence-electron chi connectivity index (χ1n) is 4.79. The topological polar surface area (TPSA) is 46.2 Å². The smallest absolute Gasteiger partial charge is 0.0465 e. The number of aliphatic hydroxyl groups excluding tert-OH is 1. The average Bonchev–Trinajstić information content (AvgIpc) is 2.13. The zero-order chi connectivity index (χ0) is 10.6. The van der Waals surface area contributed by atoms with Gasteiger partial charge in [-0.1, -0.05) is 23.8 Å². The largest absolute Gasteiger partial charge is 0.398 e. The molecule has 1 rings (SSSR count). The number of rotatable bonds is 3. The van der Waals surface area contributed by atoms with Crippen LogP contribution in [-0.2, 0) is 0 Å². The molecule has 0 aliphatic carbocycles. The first kappa shape index (κ1) is 10.8. The monoisotopic (exact) mass is 191 g/mol. The number of nitrogens with two attached hydrogens (primary N) is 1. The van der Waals surface area contributed by atoms with Gasteiger partial charge in [-0.3, -0.25) is 0 Å². The van der Waals surface area contributed by atoms with E-state index in [0.29, 0.717) is 6.42 Å². The van der Waals surface area contributed by atoms with E-state index >= 15 is 0 Å². The SMILES string of the molecule is Cc1cc(C)c(N)c(C=CCCO)c1. The van der Waals surface area contributed by atoms with E-state index in [4.69, 9.17) is 10.8 Å². The molecule has 0 amide bonds. The van der Waals surface area contributed by atoms with Crippen LogP contribution in [0.4, 0.5) is 5.69 Å². The summed E-state index contributed by atoms with van der Waals surface area (Å²) >= 11 is 0. The van der Waals surface area contributed by atoms with Gasteiger partial charge in [0.15, 0.2) is 0 Å². The van der Waals surface area contributed by atoms with E-state index in [1.54, 1.807) is 0 Å². The molecule has 0 aliphatic rings. The summed E-state index contributed by atoms with van der Waals surface area (Å²) in [6, 6.07) is 4.12. The molecule has 76 valence electrons. The van der Waals surface area contributed by atoms with Crippen LogP contribution in [0.1, 0.15) is 23.1 Å². The van der Waals surface area contributed by atoms with Crippen molar-refractivity contribution in [1.82, 2.24) is 0 Å². The molecular weight excluding hydrogens is 174 g/mol. The second-order valence-corrected chi connectivity index (χ2v) is 3.50. The summed E-state index contributed by atoms with van der Waals surface area (Å²) in [5.41, 5.74) is 10.1. The molecule has 1 aromatic carbocycles. The Kier molecular flexibility index (Phi) is 3.72. The first-order valence-corrected chi connectivity index (χ1v) is 4.79. The van der Waals surface area contributed by atoms with Crippen LogP contribution in [0.5, 0.6) is 0 Å². The fraction of sp³-hybridized carbons (Fsp3) is 0.333. The molecule has 0 aromatic heterocycles. The highest BCUT2D eigenvalue weighted by atomic mass is 16.2. The van der Waals surface area contributed by atoms with Crippen molar-refractivity contribution in [2.75, 3.05) is 12.3 Å². The van der Waals surface area contributed by atoms with Crippen LogP contribution in [0.25, 0.3) is 6.08 Å². The molecule has 2 heteroatoms. The number of nitrogen functional groups attached to an aromatic ring is 1. The molecule has 0 fully saturated rings. The minimum absolute atomic E-state index is 0.182. The van der Waals surface area contributed by atoms with Gasteiger partial charge in [0.25, 0.3) is 0 Å². The third-order valence-corrected chi connectivity index (χ3v) is 2.16. The summed E-state index contributed by atoms with van der Waals surface area (Å²) in [6.07, 6.45) is 4.57. The number of hydrogen-bond donors (Lipinski definition) is 2. The summed E-state index contributed by atoms with van der Waals surface area (Å²) in [5, 5.41) is 8.64. The Hall–Kier alpha value is -1.28. The molecule has 0 unspecified atom stereocenters. The second-order valence-electron chi connectivity index (χ2n) is 3.50. The van der Waals surface area contributed by atoms with Crippen molar-refractivity contribution in [2.24, 2.45) is 0 Å². The van der Waals surface area contributed by atoms with Crippen LogP contribution in [0, 0.1) is 13.8 Å². The van der Waals surface area contributed by atoms with Crippen molar-refractivity contribution in [3.05, 3.63) is 34.9 Å². The van der Waals surface area contributed by atoms with Gasteiger partial charge >= 0.3 is 0 Å². The summed E-state index contributed by atoms with van der Waals surface area (Å²) in [5.74, 6) is 0. The fourth-order valence-corrected chi connectivity index (χ4v) is 1.43. The molecule has 14 heavy (non-hydrogen) atoms. The maximum Gasteiger partial charge on any atom is 0.0465 e. The van der Waals surface area contributed by atoms with Crippen LogP contribution >= 0.6 is 0 Å². The number of aliphatic hydroxyl groups is 1. The van der Waals surface area contributed by atoms with Crippen molar-refractivity contribution in [3.63, 3.8) is 0 Å². The van der Waals surface area contributed by atoms with Crippen LogP contribution in [0.3, 0.4) is 0 Å². The van der Waals surface area contributed by atoms with Crippen LogP contribution in [0.15, 0.2) is 18.2 Å². The average molecular weight is 191 g/mol. The molecule has 2 nitrogen and oxygen atoms in total. The Morgan fingerprint density at radius 3 is 2.71 bits per heavy atom. The predicted molar refractivity (Wildman–Crippen MR) is 61.1 cm³/mol. The van der Waals surface area contributed by atoms with E-state index in [1.165, 1.54) is 5.56 Å². The Balaban J connectivity index is 2.96. The quantitative estimate of drug-likeness (QED) is 0.720. The number of aryl methyl sites for hydroxylation is 2. The van der Waals surface area contributed by atoms with Gasteiger partial charge < -0.3 is 10.8 Å². The minimum atomic E-state index is 0.182. The van der Waals surface area contributed by atoms with Gasteiger partial charge in [0, 0.05) is 12.3 Å². The highest BCUT2D eigenvalue weighted by Crippen LogP contribution is 2.20. The van der Waals surface area contributed by atoms with Crippen molar-refractivity contribution < 1.29 is 5.11 Å². The van der Waals surface area contributed by atoms with Gasteiger partial charge in [-0.2, -0.15) is 0 Å². The Morgan fingerprint density at radius 2 is 2.07 bits per heavy atom. The lowest BCUT2D eigenvalue weighted by Gasteiger charge is -2.06. The van der Waals surface area contributed by atoms with Crippen LogP contribution in [-0.4, -0.2) is 11.7 Å². The fourth-order valence-electron chi connectivity index (χ4n) is 1.43. The summed E-state index contributed by atoms with van der Waals surface area (Å²) in [7, 11) is 0. The summed E-state index contributed by atoms with van der Waals surface area (Å²) < 4.78 is 0. The van der Waals surface area contributed by atoms with E-state index in [2.05, 4.69) is 19.1 Å². The maximum atomic E-state index is 8.64. The molecule has 0 radical (unpaired) electrons. The molecule has 0 atom stereocenters. The molecule has 0 heterocycles. The van der Waals surface area contributed by atoms with Crippen molar-refractivity contribution in [1.29, 1.82) is 0 Å². The lowest BCUT2D eigenvalue weighted by Crippen LogP contribution is -1.94. The first-order chi connectivity index (χ1) is 6.65. The lowest BCUT2D eigenvalue weighted by atomic mass is 10.0. The van der Waals surface area contributed by atoms with Gasteiger partial charge in [0.1, 0.15) is 0 Å². The Labute approximate surface area is 85.1 Å². The Morgan fingerprint density at radius 1 is 1.36 bits per heavy atom. The molecule has 1 aromatic rings. The molecule has 0 saturated heterocycles. The van der Waals surface area contributed by atoms with E-state index in [-0.39, 0.29) is 6.61 Å². The van der Waals surface area contributed by atoms with Gasteiger partial charge in [0.2, 0.25) is 0 Å². The van der Waals surface area contributed by atoms with Crippen molar-refractivity contribution in [2.45, 2.75) is 20.3 Å². The number of anilines is 1. The second kappa shape index (κ2) is 4.82.